The Morgan fingerprint density at radius 1 is 1.00 bits per heavy atom. The Hall–Kier alpha value is -3.60. The number of ketones is 1. The van der Waals surface area contributed by atoms with Crippen molar-refractivity contribution in [3.05, 3.63) is 47.5 Å². The van der Waals surface area contributed by atoms with Gasteiger partial charge in [0, 0.05) is 63.6 Å². The number of hydrogen-bond donors (Lipinski definition) is 2. The number of halogens is 1. The number of hydrogen-bond acceptors (Lipinski definition) is 6. The van der Waals surface area contributed by atoms with Crippen molar-refractivity contribution in [2.24, 2.45) is 17.8 Å². The number of Topliss-reactive ketones (excluding diaryl/α,β-unsaturated/α-hetero) is 1. The summed E-state index contributed by atoms with van der Waals surface area (Å²) in [7, 11) is 2.01. The molecule has 3 fully saturated rings. The standard InChI is InChI=1S/C35H49FN6O4/c1-4-42-30(14-15-37-42)31(43)22-27(25-8-6-5-7-9-25)34(45)38-29-13-12-26(21-28(29)36)23(2)33(39-32(44)20-24-10-11-24)35(46)41-18-16-40(3)17-19-41/h12-15,21,23-25,27,33H,4-11,16-20,22H2,1-3H3,(H,38,45)(H,39,44)/t23-,27-,33+/m0/s1. The van der Waals surface area contributed by atoms with E-state index in [0.29, 0.717) is 43.2 Å². The molecule has 2 N–H and O–H groups in total. The highest BCUT2D eigenvalue weighted by Crippen LogP contribution is 2.35. The first-order valence-corrected chi connectivity index (χ1v) is 17.1. The van der Waals surface area contributed by atoms with Crippen LogP contribution < -0.4 is 10.6 Å². The summed E-state index contributed by atoms with van der Waals surface area (Å²) in [5.41, 5.74) is 1.07. The van der Waals surface area contributed by atoms with E-state index >= 15 is 4.39 Å². The van der Waals surface area contributed by atoms with Crippen molar-refractivity contribution in [2.75, 3.05) is 38.5 Å². The molecule has 0 spiro atoms. The molecule has 2 aliphatic carbocycles. The average molecular weight is 637 g/mol. The van der Waals surface area contributed by atoms with Gasteiger partial charge in [0.05, 0.1) is 5.69 Å². The fraction of sp³-hybridized carbons (Fsp3) is 0.629. The predicted molar refractivity (Wildman–Crippen MR) is 174 cm³/mol. The minimum absolute atomic E-state index is 0.0347. The molecule has 46 heavy (non-hydrogen) atoms. The predicted octanol–water partition coefficient (Wildman–Crippen LogP) is 4.61. The molecule has 1 saturated heterocycles. The van der Waals surface area contributed by atoms with Crippen LogP contribution in [0.2, 0.25) is 0 Å². The van der Waals surface area contributed by atoms with Crippen molar-refractivity contribution in [1.29, 1.82) is 0 Å². The van der Waals surface area contributed by atoms with Gasteiger partial charge in [-0.1, -0.05) is 32.3 Å². The van der Waals surface area contributed by atoms with Gasteiger partial charge in [-0.05, 0) is 75.3 Å². The Bertz CT molecular complexity index is 1390. The van der Waals surface area contributed by atoms with E-state index in [9.17, 15) is 19.2 Å². The highest BCUT2D eigenvalue weighted by Gasteiger charge is 2.36. The van der Waals surface area contributed by atoms with Crippen LogP contribution in [0.25, 0.3) is 0 Å². The summed E-state index contributed by atoms with van der Waals surface area (Å²) in [5, 5.41) is 9.96. The fourth-order valence-corrected chi connectivity index (χ4v) is 6.91. The number of nitrogens with zero attached hydrogens (tertiary/aromatic N) is 4. The van der Waals surface area contributed by atoms with Crippen molar-refractivity contribution < 1.29 is 23.6 Å². The molecule has 3 aliphatic rings. The second-order valence-electron chi connectivity index (χ2n) is 13.5. The first kappa shape index (κ1) is 33.8. The molecule has 3 amide bonds. The summed E-state index contributed by atoms with van der Waals surface area (Å²) in [6, 6.07) is 5.43. The number of piperazine rings is 1. The molecule has 3 atom stereocenters. The van der Waals surface area contributed by atoms with Crippen molar-refractivity contribution in [3.8, 4) is 0 Å². The molecule has 2 heterocycles. The van der Waals surface area contributed by atoms with Gasteiger partial charge < -0.3 is 20.4 Å². The molecule has 0 unspecified atom stereocenters. The average Bonchev–Trinajstić information content (AvgIpc) is 3.74. The molecule has 2 aromatic rings. The van der Waals surface area contributed by atoms with Gasteiger partial charge in [0.15, 0.2) is 5.78 Å². The van der Waals surface area contributed by atoms with Crippen molar-refractivity contribution in [3.63, 3.8) is 0 Å². The maximum atomic E-state index is 15.7. The molecule has 2 saturated carbocycles. The van der Waals surface area contributed by atoms with E-state index in [2.05, 4.69) is 20.6 Å². The van der Waals surface area contributed by atoms with Crippen molar-refractivity contribution in [1.82, 2.24) is 24.9 Å². The molecule has 1 aromatic heterocycles. The minimum Gasteiger partial charge on any atom is -0.344 e. The van der Waals surface area contributed by atoms with Crippen molar-refractivity contribution in [2.45, 2.75) is 90.1 Å². The first-order valence-electron chi connectivity index (χ1n) is 17.1. The van der Waals surface area contributed by atoms with Crippen LogP contribution in [0.5, 0.6) is 0 Å². The highest BCUT2D eigenvalue weighted by molar-refractivity contribution is 6.00. The number of rotatable bonds is 13. The number of aryl methyl sites for hydroxylation is 1. The van der Waals surface area contributed by atoms with Crippen LogP contribution in [-0.4, -0.2) is 82.4 Å². The minimum atomic E-state index is -0.826. The smallest absolute Gasteiger partial charge is 0.245 e. The van der Waals surface area contributed by atoms with Crippen LogP contribution >= 0.6 is 0 Å². The Labute approximate surface area is 271 Å². The number of carbonyl (C=O) groups is 4. The lowest BCUT2D eigenvalue weighted by atomic mass is 9.77. The molecular weight excluding hydrogens is 587 g/mol. The van der Waals surface area contributed by atoms with Gasteiger partial charge in [-0.15, -0.1) is 0 Å². The number of anilines is 1. The zero-order valence-electron chi connectivity index (χ0n) is 27.5. The number of nitrogens with one attached hydrogen (secondary N) is 2. The molecule has 1 aromatic carbocycles. The second kappa shape index (κ2) is 15.3. The Kier molecular flexibility index (Phi) is 11.2. The summed E-state index contributed by atoms with van der Waals surface area (Å²) >= 11 is 0. The number of carbonyl (C=O) groups excluding carboxylic acids is 4. The first-order chi connectivity index (χ1) is 22.1. The van der Waals surface area contributed by atoms with Crippen LogP contribution in [0.1, 0.15) is 93.6 Å². The molecule has 1 aliphatic heterocycles. The quantitative estimate of drug-likeness (QED) is 0.310. The summed E-state index contributed by atoms with van der Waals surface area (Å²) in [5.74, 6) is -2.11. The molecule has 0 bridgehead atoms. The van der Waals surface area contributed by atoms with E-state index in [4.69, 9.17) is 0 Å². The van der Waals surface area contributed by atoms with E-state index in [1.807, 2.05) is 20.9 Å². The third kappa shape index (κ3) is 8.40. The van der Waals surface area contributed by atoms with E-state index in [-0.39, 0.29) is 41.5 Å². The lowest BCUT2D eigenvalue weighted by Crippen LogP contribution is -2.55. The molecule has 0 radical (unpaired) electrons. The third-order valence-corrected chi connectivity index (χ3v) is 10.1. The lowest BCUT2D eigenvalue weighted by Gasteiger charge is -2.36. The van der Waals surface area contributed by atoms with E-state index in [1.165, 1.54) is 12.1 Å². The molecule has 10 nitrogen and oxygen atoms in total. The molecule has 11 heteroatoms. The highest BCUT2D eigenvalue weighted by atomic mass is 19.1. The monoisotopic (exact) mass is 636 g/mol. The van der Waals surface area contributed by atoms with Crippen LogP contribution in [-0.2, 0) is 20.9 Å². The molecule has 250 valence electrons. The number of aromatic nitrogens is 2. The normalized spacial score (nSPS) is 19.7. The zero-order chi connectivity index (χ0) is 32.8. The topological polar surface area (TPSA) is 117 Å². The van der Waals surface area contributed by atoms with Gasteiger partial charge in [0.25, 0.3) is 0 Å². The Morgan fingerprint density at radius 2 is 1.72 bits per heavy atom. The number of amides is 3. The van der Waals surface area contributed by atoms with Crippen LogP contribution in [0.3, 0.4) is 0 Å². The van der Waals surface area contributed by atoms with Gasteiger partial charge in [-0.3, -0.25) is 23.9 Å². The van der Waals surface area contributed by atoms with Crippen LogP contribution in [0.4, 0.5) is 10.1 Å². The van der Waals surface area contributed by atoms with Gasteiger partial charge in [0.1, 0.15) is 17.6 Å². The van der Waals surface area contributed by atoms with Crippen molar-refractivity contribution >= 4 is 29.2 Å². The summed E-state index contributed by atoms with van der Waals surface area (Å²) < 4.78 is 17.3. The number of likely N-dealkylation sites (N-methyl/N-ethyl adjacent to an activating group) is 1. The van der Waals surface area contributed by atoms with Gasteiger partial charge in [0.2, 0.25) is 17.7 Å². The zero-order valence-corrected chi connectivity index (χ0v) is 27.5. The summed E-state index contributed by atoms with van der Waals surface area (Å²) in [6.07, 6.45) is 8.89. The maximum Gasteiger partial charge on any atom is 0.245 e. The summed E-state index contributed by atoms with van der Waals surface area (Å²) in [6.45, 7) is 6.94. The van der Waals surface area contributed by atoms with E-state index in [1.54, 1.807) is 27.9 Å². The summed E-state index contributed by atoms with van der Waals surface area (Å²) in [4.78, 5) is 57.5. The fourth-order valence-electron chi connectivity index (χ4n) is 6.91. The lowest BCUT2D eigenvalue weighted by molar-refractivity contribution is -0.138. The van der Waals surface area contributed by atoms with E-state index < -0.39 is 23.7 Å². The third-order valence-electron chi connectivity index (χ3n) is 10.1. The Balaban J connectivity index is 1.31. The van der Waals surface area contributed by atoms with Gasteiger partial charge in [-0.2, -0.15) is 5.10 Å². The van der Waals surface area contributed by atoms with Gasteiger partial charge >= 0.3 is 0 Å². The van der Waals surface area contributed by atoms with Crippen LogP contribution in [0.15, 0.2) is 30.5 Å². The molecule has 5 rings (SSSR count). The SMILES string of the molecule is CCn1nccc1C(=O)C[C@H](C(=O)Nc1ccc([C@H](C)[C@@H](NC(=O)CC2CC2)C(=O)N2CCN(C)CC2)cc1F)C1CCCCC1. The Morgan fingerprint density at radius 3 is 2.37 bits per heavy atom. The van der Waals surface area contributed by atoms with Crippen LogP contribution in [0, 0.1) is 23.6 Å². The number of benzene rings is 1. The van der Waals surface area contributed by atoms with E-state index in [0.717, 1.165) is 58.0 Å². The second-order valence-corrected chi connectivity index (χ2v) is 13.5. The molecular formula is C35H49FN6O4. The van der Waals surface area contributed by atoms with Gasteiger partial charge in [-0.25, -0.2) is 4.39 Å². The largest absolute Gasteiger partial charge is 0.344 e. The maximum absolute atomic E-state index is 15.7.